The van der Waals surface area contributed by atoms with Crippen molar-refractivity contribution in [1.82, 2.24) is 0 Å². The minimum Gasteiger partial charge on any atom is -0.497 e. The molecule has 2 aromatic rings. The van der Waals surface area contributed by atoms with Gasteiger partial charge in [0.1, 0.15) is 5.75 Å². The molecule has 0 bridgehead atoms. The van der Waals surface area contributed by atoms with Gasteiger partial charge in [0.25, 0.3) is 10.1 Å². The van der Waals surface area contributed by atoms with E-state index in [1.807, 2.05) is 6.92 Å². The van der Waals surface area contributed by atoms with Crippen LogP contribution >= 0.6 is 0 Å². The molecule has 0 aliphatic rings. The number of hydrogen-bond donors (Lipinski definition) is 0. The minimum absolute atomic E-state index is 0.0634. The van der Waals surface area contributed by atoms with Crippen molar-refractivity contribution in [2.24, 2.45) is 0 Å². The monoisotopic (exact) mass is 364 g/mol. The second-order valence-corrected chi connectivity index (χ2v) is 6.92. The van der Waals surface area contributed by atoms with Crippen LogP contribution in [0.4, 0.5) is 0 Å². The van der Waals surface area contributed by atoms with Crippen LogP contribution in [0, 0.1) is 6.92 Å². The maximum atomic E-state index is 12.0. The molecule has 0 heterocycles. The highest BCUT2D eigenvalue weighted by atomic mass is 32.2. The molecule has 0 unspecified atom stereocenters. The summed E-state index contributed by atoms with van der Waals surface area (Å²) in [7, 11) is -2.25. The van der Waals surface area contributed by atoms with Gasteiger partial charge in [0.15, 0.2) is 0 Å². The first-order valence-electron chi connectivity index (χ1n) is 7.69. The van der Waals surface area contributed by atoms with Gasteiger partial charge in [0.2, 0.25) is 0 Å². The average molecular weight is 364 g/mol. The van der Waals surface area contributed by atoms with Gasteiger partial charge < -0.3 is 9.47 Å². The Labute approximate surface area is 147 Å². The van der Waals surface area contributed by atoms with E-state index in [-0.39, 0.29) is 24.5 Å². The molecule has 6 nitrogen and oxygen atoms in total. The summed E-state index contributed by atoms with van der Waals surface area (Å²) in [5, 5.41) is 0. The zero-order valence-corrected chi connectivity index (χ0v) is 14.9. The highest BCUT2D eigenvalue weighted by Gasteiger charge is 2.14. The Morgan fingerprint density at radius 1 is 0.960 bits per heavy atom. The van der Waals surface area contributed by atoms with Gasteiger partial charge >= 0.3 is 5.97 Å². The predicted octanol–water partition coefficient (Wildman–Crippen LogP) is 2.96. The first kappa shape index (κ1) is 19.0. The minimum atomic E-state index is -3.79. The normalized spacial score (nSPS) is 11.1. The molecule has 0 spiro atoms. The van der Waals surface area contributed by atoms with Crippen LogP contribution in [0.15, 0.2) is 53.4 Å². The molecule has 7 heteroatoms. The van der Waals surface area contributed by atoms with Crippen molar-refractivity contribution >= 4 is 16.1 Å². The van der Waals surface area contributed by atoms with E-state index in [0.29, 0.717) is 11.3 Å². The third kappa shape index (κ3) is 5.58. The number of ether oxygens (including phenoxy) is 2. The molecule has 0 saturated carbocycles. The van der Waals surface area contributed by atoms with Gasteiger partial charge in [-0.3, -0.25) is 4.18 Å². The van der Waals surface area contributed by atoms with E-state index in [1.54, 1.807) is 36.4 Å². The summed E-state index contributed by atoms with van der Waals surface area (Å²) in [5.74, 6) is 0.162. The summed E-state index contributed by atoms with van der Waals surface area (Å²) in [6, 6.07) is 12.9. The van der Waals surface area contributed by atoms with Crippen LogP contribution in [-0.4, -0.2) is 34.7 Å². The van der Waals surface area contributed by atoms with E-state index in [9.17, 15) is 13.2 Å². The maximum Gasteiger partial charge on any atom is 0.338 e. The van der Waals surface area contributed by atoms with Crippen LogP contribution in [0.1, 0.15) is 22.3 Å². The largest absolute Gasteiger partial charge is 0.497 e. The van der Waals surface area contributed by atoms with Crippen LogP contribution in [0.2, 0.25) is 0 Å². The number of carbonyl (C=O) groups excluding carboxylic acids is 1. The van der Waals surface area contributed by atoms with E-state index in [4.69, 9.17) is 13.7 Å². The molecule has 0 atom stereocenters. The molecule has 0 amide bonds. The van der Waals surface area contributed by atoms with E-state index in [2.05, 4.69) is 0 Å². The molecule has 0 aliphatic carbocycles. The number of carbonyl (C=O) groups is 1. The van der Waals surface area contributed by atoms with Gasteiger partial charge in [-0.2, -0.15) is 8.42 Å². The summed E-state index contributed by atoms with van der Waals surface area (Å²) >= 11 is 0. The van der Waals surface area contributed by atoms with Crippen molar-refractivity contribution in [2.45, 2.75) is 18.2 Å². The van der Waals surface area contributed by atoms with E-state index < -0.39 is 16.1 Å². The lowest BCUT2D eigenvalue weighted by Crippen LogP contribution is -2.11. The highest BCUT2D eigenvalue weighted by Crippen LogP contribution is 2.14. The van der Waals surface area contributed by atoms with Crippen molar-refractivity contribution in [3.05, 3.63) is 59.7 Å². The number of rotatable bonds is 8. The lowest BCUT2D eigenvalue weighted by Gasteiger charge is -2.07. The quantitative estimate of drug-likeness (QED) is 0.407. The number of benzene rings is 2. The molecule has 0 aliphatic heterocycles. The fourth-order valence-electron chi connectivity index (χ4n) is 1.98. The van der Waals surface area contributed by atoms with Crippen LogP contribution < -0.4 is 4.74 Å². The second-order valence-electron chi connectivity index (χ2n) is 5.31. The zero-order chi connectivity index (χ0) is 18.3. The number of aryl methyl sites for hydroxylation is 1. The molecule has 0 fully saturated rings. The summed E-state index contributed by atoms with van der Waals surface area (Å²) in [6.45, 7) is 1.87. The summed E-state index contributed by atoms with van der Waals surface area (Å²) in [6.07, 6.45) is 0.271. The average Bonchev–Trinajstić information content (AvgIpc) is 2.61. The second kappa shape index (κ2) is 8.64. The van der Waals surface area contributed by atoms with Crippen LogP contribution in [-0.2, 0) is 19.0 Å². The zero-order valence-electron chi connectivity index (χ0n) is 14.1. The number of methoxy groups -OCH3 is 1. The van der Waals surface area contributed by atoms with Crippen LogP contribution in [0.5, 0.6) is 5.75 Å². The Hall–Kier alpha value is -2.38. The van der Waals surface area contributed by atoms with Crippen molar-refractivity contribution in [3.8, 4) is 5.75 Å². The molecule has 2 rings (SSSR count). The third-order valence-corrected chi connectivity index (χ3v) is 4.72. The highest BCUT2D eigenvalue weighted by molar-refractivity contribution is 7.86. The fourth-order valence-corrected chi connectivity index (χ4v) is 2.92. The molecule has 0 aromatic heterocycles. The molecule has 25 heavy (non-hydrogen) atoms. The Bertz CT molecular complexity index is 794. The van der Waals surface area contributed by atoms with Crippen molar-refractivity contribution < 1.29 is 26.9 Å². The van der Waals surface area contributed by atoms with Gasteiger partial charge in [-0.1, -0.05) is 17.7 Å². The number of esters is 1. The molecular weight excluding hydrogens is 344 g/mol. The molecule has 2 aromatic carbocycles. The van der Waals surface area contributed by atoms with Gasteiger partial charge in [0.05, 0.1) is 30.8 Å². The van der Waals surface area contributed by atoms with Gasteiger partial charge in [-0.05, 0) is 43.3 Å². The topological polar surface area (TPSA) is 78.9 Å². The fraction of sp³-hybridized carbons (Fsp3) is 0.278. The Morgan fingerprint density at radius 3 is 2.20 bits per heavy atom. The van der Waals surface area contributed by atoms with Gasteiger partial charge in [-0.15, -0.1) is 0 Å². The predicted molar refractivity (Wildman–Crippen MR) is 92.2 cm³/mol. The first-order chi connectivity index (χ1) is 11.9. The lowest BCUT2D eigenvalue weighted by atomic mass is 10.2. The summed E-state index contributed by atoms with van der Waals surface area (Å²) in [5.41, 5.74) is 1.36. The molecular formula is C18H20O6S. The SMILES string of the molecule is COc1ccc(C(=O)OCCCOS(=O)(=O)c2ccc(C)cc2)cc1. The third-order valence-electron chi connectivity index (χ3n) is 3.40. The number of hydrogen-bond acceptors (Lipinski definition) is 6. The summed E-state index contributed by atoms with van der Waals surface area (Å²) in [4.78, 5) is 11.9. The standard InChI is InChI=1S/C18H20O6S/c1-14-4-10-17(11-5-14)25(20,21)24-13-3-12-23-18(19)15-6-8-16(22-2)9-7-15/h4-11H,3,12-13H2,1-2H3. The molecule has 134 valence electrons. The smallest absolute Gasteiger partial charge is 0.338 e. The Kier molecular flexibility index (Phi) is 6.55. The van der Waals surface area contributed by atoms with Gasteiger partial charge in [-0.25, -0.2) is 4.79 Å². The Balaban J connectivity index is 1.75. The van der Waals surface area contributed by atoms with Crippen molar-refractivity contribution in [3.63, 3.8) is 0 Å². The van der Waals surface area contributed by atoms with Crippen molar-refractivity contribution in [2.75, 3.05) is 20.3 Å². The van der Waals surface area contributed by atoms with E-state index in [0.717, 1.165) is 5.56 Å². The van der Waals surface area contributed by atoms with Crippen LogP contribution in [0.3, 0.4) is 0 Å². The summed E-state index contributed by atoms with van der Waals surface area (Å²) < 4.78 is 39.0. The van der Waals surface area contributed by atoms with E-state index >= 15 is 0 Å². The molecule has 0 saturated heterocycles. The molecule has 0 radical (unpaired) electrons. The van der Waals surface area contributed by atoms with Crippen molar-refractivity contribution in [1.29, 1.82) is 0 Å². The maximum absolute atomic E-state index is 12.0. The molecule has 0 N–H and O–H groups in total. The van der Waals surface area contributed by atoms with Gasteiger partial charge in [0, 0.05) is 6.42 Å². The first-order valence-corrected chi connectivity index (χ1v) is 9.10. The van der Waals surface area contributed by atoms with E-state index in [1.165, 1.54) is 19.2 Å². The Morgan fingerprint density at radius 2 is 1.60 bits per heavy atom. The lowest BCUT2D eigenvalue weighted by molar-refractivity contribution is 0.0487. The van der Waals surface area contributed by atoms with Crippen LogP contribution in [0.25, 0.3) is 0 Å².